The molecule has 0 unspecified atom stereocenters. The molecule has 1 saturated heterocycles. The summed E-state index contributed by atoms with van der Waals surface area (Å²) in [5, 5.41) is 5.17. The molecule has 22 heavy (non-hydrogen) atoms. The van der Waals surface area contributed by atoms with E-state index in [2.05, 4.69) is 10.2 Å². The molecule has 1 atom stereocenters. The topological polar surface area (TPSA) is 15.3 Å². The van der Waals surface area contributed by atoms with Crippen LogP contribution >= 0.6 is 11.3 Å². The first-order chi connectivity index (χ1) is 10.6. The lowest BCUT2D eigenvalue weighted by Gasteiger charge is -2.35. The van der Waals surface area contributed by atoms with Gasteiger partial charge in [-0.25, -0.2) is 0 Å². The zero-order valence-electron chi connectivity index (χ0n) is 11.9. The maximum atomic E-state index is 13.4. The van der Waals surface area contributed by atoms with E-state index in [1.165, 1.54) is 23.5 Å². The molecule has 0 spiro atoms. The van der Waals surface area contributed by atoms with Crippen molar-refractivity contribution in [1.29, 1.82) is 0 Å². The molecular weight excluding hydrogens is 309 g/mol. The summed E-state index contributed by atoms with van der Waals surface area (Å²) in [5.41, 5.74) is -0.189. The normalized spacial score (nSPS) is 18.3. The van der Waals surface area contributed by atoms with Crippen molar-refractivity contribution in [2.45, 2.75) is 12.2 Å². The molecule has 0 aliphatic carbocycles. The first-order valence-corrected chi connectivity index (χ1v) is 8.09. The van der Waals surface area contributed by atoms with E-state index < -0.39 is 11.7 Å². The standard InChI is InChI=1S/C16H17F3N2S/c17-16(18,19)13-5-2-1-4-12(13)15(14-6-3-11-22-14)21-9-7-20-8-10-21/h1-6,11,15,20H,7-10H2/t15-/m0/s1. The van der Waals surface area contributed by atoms with E-state index in [4.69, 9.17) is 0 Å². The molecule has 2 aromatic rings. The van der Waals surface area contributed by atoms with Gasteiger partial charge in [-0.2, -0.15) is 13.2 Å². The van der Waals surface area contributed by atoms with E-state index in [9.17, 15) is 13.2 Å². The average molecular weight is 326 g/mol. The van der Waals surface area contributed by atoms with Gasteiger partial charge in [0.2, 0.25) is 0 Å². The Balaban J connectivity index is 2.07. The Bertz CT molecular complexity index is 604. The van der Waals surface area contributed by atoms with Crippen LogP contribution in [0.3, 0.4) is 0 Å². The second-order valence-electron chi connectivity index (χ2n) is 5.29. The fraction of sp³-hybridized carbons (Fsp3) is 0.375. The number of hydrogen-bond acceptors (Lipinski definition) is 3. The summed E-state index contributed by atoms with van der Waals surface area (Å²) < 4.78 is 40.2. The smallest absolute Gasteiger partial charge is 0.314 e. The first kappa shape index (κ1) is 15.5. The van der Waals surface area contributed by atoms with Gasteiger partial charge in [-0.1, -0.05) is 24.3 Å². The number of benzene rings is 1. The quantitative estimate of drug-likeness (QED) is 0.924. The molecular formula is C16H17F3N2S. The highest BCUT2D eigenvalue weighted by Crippen LogP contribution is 2.40. The number of alkyl halides is 3. The summed E-state index contributed by atoms with van der Waals surface area (Å²) in [6.45, 7) is 3.09. The van der Waals surface area contributed by atoms with Gasteiger partial charge in [0, 0.05) is 31.1 Å². The Morgan fingerprint density at radius 3 is 2.41 bits per heavy atom. The van der Waals surface area contributed by atoms with Crippen LogP contribution < -0.4 is 5.32 Å². The molecule has 0 amide bonds. The molecule has 1 N–H and O–H groups in total. The van der Waals surface area contributed by atoms with Crippen LogP contribution in [-0.2, 0) is 6.18 Å². The van der Waals surface area contributed by atoms with E-state index in [1.807, 2.05) is 17.5 Å². The van der Waals surface area contributed by atoms with Gasteiger partial charge < -0.3 is 5.32 Å². The van der Waals surface area contributed by atoms with Crippen molar-refractivity contribution in [3.05, 3.63) is 57.8 Å². The van der Waals surface area contributed by atoms with Crippen LogP contribution in [0.15, 0.2) is 41.8 Å². The van der Waals surface area contributed by atoms with Gasteiger partial charge in [0.15, 0.2) is 0 Å². The fourth-order valence-corrected chi connectivity index (χ4v) is 3.79. The highest BCUT2D eigenvalue weighted by atomic mass is 32.1. The van der Waals surface area contributed by atoms with Crippen LogP contribution in [0, 0.1) is 0 Å². The average Bonchev–Trinajstić information content (AvgIpc) is 3.02. The molecule has 1 aromatic heterocycles. The molecule has 1 aliphatic rings. The summed E-state index contributed by atoms with van der Waals surface area (Å²) in [4.78, 5) is 3.09. The number of thiophene rings is 1. The van der Waals surface area contributed by atoms with Gasteiger partial charge in [0.25, 0.3) is 0 Å². The minimum absolute atomic E-state index is 0.333. The lowest BCUT2D eigenvalue weighted by Crippen LogP contribution is -2.45. The van der Waals surface area contributed by atoms with Crippen molar-refractivity contribution < 1.29 is 13.2 Å². The number of piperazine rings is 1. The predicted molar refractivity (Wildman–Crippen MR) is 82.0 cm³/mol. The second-order valence-corrected chi connectivity index (χ2v) is 6.27. The third kappa shape index (κ3) is 3.19. The van der Waals surface area contributed by atoms with Crippen LogP contribution in [0.2, 0.25) is 0 Å². The number of rotatable bonds is 3. The number of nitrogens with zero attached hydrogens (tertiary/aromatic N) is 1. The SMILES string of the molecule is FC(F)(F)c1ccccc1[C@@H](c1cccs1)N1CCNCC1. The van der Waals surface area contributed by atoms with E-state index in [0.717, 1.165) is 31.1 Å². The lowest BCUT2D eigenvalue weighted by molar-refractivity contribution is -0.138. The van der Waals surface area contributed by atoms with Crippen molar-refractivity contribution in [3.8, 4) is 0 Å². The molecule has 3 rings (SSSR count). The number of halogens is 3. The molecule has 1 fully saturated rings. The largest absolute Gasteiger partial charge is 0.416 e. The zero-order valence-corrected chi connectivity index (χ0v) is 12.8. The summed E-state index contributed by atoms with van der Waals surface area (Å²) in [6, 6.07) is 9.41. The monoisotopic (exact) mass is 326 g/mol. The van der Waals surface area contributed by atoms with Gasteiger partial charge in [-0.15, -0.1) is 11.3 Å². The third-order valence-electron chi connectivity index (χ3n) is 3.89. The van der Waals surface area contributed by atoms with Crippen molar-refractivity contribution in [2.75, 3.05) is 26.2 Å². The maximum absolute atomic E-state index is 13.4. The highest BCUT2D eigenvalue weighted by molar-refractivity contribution is 7.10. The summed E-state index contributed by atoms with van der Waals surface area (Å²) in [5.74, 6) is 0. The zero-order chi connectivity index (χ0) is 15.6. The van der Waals surface area contributed by atoms with Crippen molar-refractivity contribution in [2.24, 2.45) is 0 Å². The molecule has 1 aliphatic heterocycles. The van der Waals surface area contributed by atoms with Gasteiger partial charge in [0.05, 0.1) is 11.6 Å². The van der Waals surface area contributed by atoms with Gasteiger partial charge >= 0.3 is 6.18 Å². The molecule has 0 saturated carbocycles. The maximum Gasteiger partial charge on any atom is 0.416 e. The Kier molecular flexibility index (Phi) is 4.52. The van der Waals surface area contributed by atoms with E-state index in [-0.39, 0.29) is 6.04 Å². The fourth-order valence-electron chi connectivity index (χ4n) is 2.91. The minimum Gasteiger partial charge on any atom is -0.314 e. The molecule has 2 nitrogen and oxygen atoms in total. The molecule has 0 radical (unpaired) electrons. The highest BCUT2D eigenvalue weighted by Gasteiger charge is 2.37. The summed E-state index contributed by atoms with van der Waals surface area (Å²) >= 11 is 1.51. The van der Waals surface area contributed by atoms with Crippen molar-refractivity contribution >= 4 is 11.3 Å². The number of hydrogen-bond donors (Lipinski definition) is 1. The van der Waals surface area contributed by atoms with E-state index in [1.54, 1.807) is 12.1 Å². The second kappa shape index (κ2) is 6.40. The van der Waals surface area contributed by atoms with Crippen LogP contribution in [0.25, 0.3) is 0 Å². The Hall–Kier alpha value is -1.37. The van der Waals surface area contributed by atoms with Crippen LogP contribution in [-0.4, -0.2) is 31.1 Å². The molecule has 118 valence electrons. The molecule has 0 bridgehead atoms. The van der Waals surface area contributed by atoms with Crippen LogP contribution in [0.5, 0.6) is 0 Å². The molecule has 6 heteroatoms. The minimum atomic E-state index is -4.33. The van der Waals surface area contributed by atoms with E-state index in [0.29, 0.717) is 5.56 Å². The van der Waals surface area contributed by atoms with Crippen molar-refractivity contribution in [3.63, 3.8) is 0 Å². The summed E-state index contributed by atoms with van der Waals surface area (Å²) in [6.07, 6.45) is -4.33. The van der Waals surface area contributed by atoms with Gasteiger partial charge in [-0.3, -0.25) is 4.90 Å². The molecule has 1 aromatic carbocycles. The predicted octanol–water partition coefficient (Wildman–Crippen LogP) is 3.76. The Labute approximate surface area is 131 Å². The van der Waals surface area contributed by atoms with Gasteiger partial charge in [-0.05, 0) is 23.1 Å². The van der Waals surface area contributed by atoms with Gasteiger partial charge in [0.1, 0.15) is 0 Å². The Morgan fingerprint density at radius 2 is 1.77 bits per heavy atom. The molecule has 2 heterocycles. The summed E-state index contributed by atoms with van der Waals surface area (Å²) in [7, 11) is 0. The van der Waals surface area contributed by atoms with Crippen LogP contribution in [0.1, 0.15) is 22.0 Å². The number of nitrogens with one attached hydrogen (secondary N) is 1. The lowest BCUT2D eigenvalue weighted by atomic mass is 9.96. The van der Waals surface area contributed by atoms with E-state index >= 15 is 0 Å². The third-order valence-corrected chi connectivity index (χ3v) is 4.81. The van der Waals surface area contributed by atoms with Crippen molar-refractivity contribution in [1.82, 2.24) is 10.2 Å². The first-order valence-electron chi connectivity index (χ1n) is 7.21. The Morgan fingerprint density at radius 1 is 1.05 bits per heavy atom. The van der Waals surface area contributed by atoms with Crippen LogP contribution in [0.4, 0.5) is 13.2 Å².